The predicted octanol–water partition coefficient (Wildman–Crippen LogP) is 4.91. The molecule has 1 aliphatic rings. The number of carbonyl (C=O) groups excluding carboxylic acids is 1. The summed E-state index contributed by atoms with van der Waals surface area (Å²) in [7, 11) is 0. The van der Waals surface area contributed by atoms with Crippen molar-refractivity contribution in [2.45, 2.75) is 12.3 Å². The first kappa shape index (κ1) is 19.2. The number of ether oxygens (including phenoxy) is 2. The van der Waals surface area contributed by atoms with Crippen LogP contribution in [0.15, 0.2) is 60.8 Å². The average molecular weight is 413 g/mol. The molecule has 1 unspecified atom stereocenters. The van der Waals surface area contributed by atoms with Crippen LogP contribution in [0.5, 0.6) is 17.4 Å². The van der Waals surface area contributed by atoms with Gasteiger partial charge in [-0.15, -0.1) is 11.6 Å². The number of rotatable bonds is 5. The van der Waals surface area contributed by atoms with E-state index in [0.717, 1.165) is 23.3 Å². The third-order valence-electron chi connectivity index (χ3n) is 4.63. The summed E-state index contributed by atoms with van der Waals surface area (Å²) in [6.45, 7) is 0.479. The molecule has 1 amide bonds. The van der Waals surface area contributed by atoms with Crippen molar-refractivity contribution in [1.82, 2.24) is 4.98 Å². The van der Waals surface area contributed by atoms with Crippen LogP contribution >= 0.6 is 11.6 Å². The van der Waals surface area contributed by atoms with Crippen molar-refractivity contribution in [2.24, 2.45) is 0 Å². The van der Waals surface area contributed by atoms with E-state index >= 15 is 0 Å². The van der Waals surface area contributed by atoms with Gasteiger partial charge >= 0.3 is 0 Å². The van der Waals surface area contributed by atoms with Gasteiger partial charge in [0.25, 0.3) is 0 Å². The molecule has 4 rings (SSSR count). The summed E-state index contributed by atoms with van der Waals surface area (Å²) in [5.41, 5.74) is 2.52. The maximum Gasteiger partial charge on any atom is 0.239 e. The van der Waals surface area contributed by atoms with Gasteiger partial charge in [-0.2, -0.15) is 0 Å². The third-order valence-corrected chi connectivity index (χ3v) is 4.87. The fraction of sp³-hybridized carbons (Fsp3) is 0.182. The molecule has 0 bridgehead atoms. The Labute approximate surface area is 172 Å². The van der Waals surface area contributed by atoms with Gasteiger partial charge in [0.05, 0.1) is 18.5 Å². The van der Waals surface area contributed by atoms with Gasteiger partial charge in [-0.1, -0.05) is 18.2 Å². The third kappa shape index (κ3) is 4.66. The summed E-state index contributed by atoms with van der Waals surface area (Å²) >= 11 is 5.46. The van der Waals surface area contributed by atoms with Crippen LogP contribution in [0.4, 0.5) is 10.1 Å². The van der Waals surface area contributed by atoms with Gasteiger partial charge in [0.15, 0.2) is 0 Å². The zero-order valence-electron chi connectivity index (χ0n) is 15.4. The summed E-state index contributed by atoms with van der Waals surface area (Å²) in [5.74, 6) is 1.19. The Kier molecular flexibility index (Phi) is 5.62. The van der Waals surface area contributed by atoms with Gasteiger partial charge in [-0.25, -0.2) is 9.37 Å². The Hall–Kier alpha value is -3.12. The molecule has 0 saturated carbocycles. The van der Waals surface area contributed by atoms with Crippen molar-refractivity contribution >= 4 is 23.2 Å². The molecule has 148 valence electrons. The summed E-state index contributed by atoms with van der Waals surface area (Å²) in [5, 5.41) is 2.61. The number of aromatic nitrogens is 1. The highest BCUT2D eigenvalue weighted by Crippen LogP contribution is 2.36. The van der Waals surface area contributed by atoms with Crippen LogP contribution in [0, 0.1) is 5.82 Å². The standard InChI is InChI=1S/C22H18ClFN2O3/c23-11-21(27)26-18-5-7-22(25-12-18)29-19-6-4-15-8-16(13-28-20(15)10-19)14-2-1-3-17(24)9-14/h1-7,9-10,12,16H,8,11,13H2,(H,26,27). The normalized spacial score (nSPS) is 15.2. The molecule has 0 aliphatic carbocycles. The van der Waals surface area contributed by atoms with Crippen LogP contribution in [0.2, 0.25) is 0 Å². The molecule has 0 spiro atoms. The van der Waals surface area contributed by atoms with Crippen molar-refractivity contribution in [2.75, 3.05) is 17.8 Å². The lowest BCUT2D eigenvalue weighted by atomic mass is 9.90. The van der Waals surface area contributed by atoms with Crippen molar-refractivity contribution in [3.63, 3.8) is 0 Å². The van der Waals surface area contributed by atoms with E-state index < -0.39 is 0 Å². The Morgan fingerprint density at radius 2 is 2.14 bits per heavy atom. The molecule has 1 aromatic heterocycles. The fourth-order valence-electron chi connectivity index (χ4n) is 3.22. The van der Waals surface area contributed by atoms with Crippen molar-refractivity contribution < 1.29 is 18.7 Å². The maximum atomic E-state index is 13.5. The second-order valence-corrected chi connectivity index (χ2v) is 6.97. The molecule has 0 fully saturated rings. The Balaban J connectivity index is 1.43. The molecule has 1 atom stereocenters. The van der Waals surface area contributed by atoms with Gasteiger partial charge in [0.2, 0.25) is 11.8 Å². The molecule has 3 aromatic rings. The molecule has 29 heavy (non-hydrogen) atoms. The Morgan fingerprint density at radius 3 is 2.90 bits per heavy atom. The van der Waals surface area contributed by atoms with Crippen molar-refractivity contribution in [1.29, 1.82) is 0 Å². The number of benzene rings is 2. The highest BCUT2D eigenvalue weighted by molar-refractivity contribution is 6.29. The second-order valence-electron chi connectivity index (χ2n) is 6.71. The Morgan fingerprint density at radius 1 is 1.24 bits per heavy atom. The number of fused-ring (bicyclic) bond motifs is 1. The number of anilines is 1. The average Bonchev–Trinajstić information content (AvgIpc) is 2.74. The van der Waals surface area contributed by atoms with Gasteiger partial charge in [0.1, 0.15) is 23.2 Å². The van der Waals surface area contributed by atoms with Crippen LogP contribution in [0.25, 0.3) is 0 Å². The van der Waals surface area contributed by atoms with Crippen LogP contribution in [-0.2, 0) is 11.2 Å². The van der Waals surface area contributed by atoms with Crippen LogP contribution in [-0.4, -0.2) is 23.4 Å². The summed E-state index contributed by atoms with van der Waals surface area (Å²) < 4.78 is 25.2. The van der Waals surface area contributed by atoms with E-state index in [9.17, 15) is 9.18 Å². The van der Waals surface area contributed by atoms with E-state index in [1.54, 1.807) is 24.3 Å². The number of amides is 1. The number of pyridine rings is 1. The zero-order chi connectivity index (χ0) is 20.2. The molecular formula is C22H18ClFN2O3. The first-order chi connectivity index (χ1) is 14.1. The van der Waals surface area contributed by atoms with E-state index in [1.807, 2.05) is 24.3 Å². The number of carbonyl (C=O) groups is 1. The molecule has 1 aliphatic heterocycles. The van der Waals surface area contributed by atoms with Crippen LogP contribution in [0.1, 0.15) is 17.0 Å². The molecule has 0 radical (unpaired) electrons. The largest absolute Gasteiger partial charge is 0.493 e. The van der Waals surface area contributed by atoms with E-state index in [4.69, 9.17) is 21.1 Å². The number of halogens is 2. The minimum Gasteiger partial charge on any atom is -0.493 e. The maximum absolute atomic E-state index is 13.5. The SMILES string of the molecule is O=C(CCl)Nc1ccc(Oc2ccc3c(c2)OCC(c2cccc(F)c2)C3)nc1. The minimum absolute atomic E-state index is 0.113. The highest BCUT2D eigenvalue weighted by atomic mass is 35.5. The van der Waals surface area contributed by atoms with Crippen molar-refractivity contribution in [3.05, 3.63) is 77.7 Å². The van der Waals surface area contributed by atoms with E-state index in [-0.39, 0.29) is 23.5 Å². The van der Waals surface area contributed by atoms with Gasteiger partial charge in [0, 0.05) is 18.1 Å². The highest BCUT2D eigenvalue weighted by Gasteiger charge is 2.22. The van der Waals surface area contributed by atoms with E-state index in [0.29, 0.717) is 23.9 Å². The predicted molar refractivity (Wildman–Crippen MR) is 108 cm³/mol. The zero-order valence-corrected chi connectivity index (χ0v) is 16.2. The monoisotopic (exact) mass is 412 g/mol. The summed E-state index contributed by atoms with van der Waals surface area (Å²) in [4.78, 5) is 15.5. The number of nitrogens with one attached hydrogen (secondary N) is 1. The first-order valence-corrected chi connectivity index (χ1v) is 9.65. The van der Waals surface area contributed by atoms with Gasteiger partial charge in [-0.05, 0) is 41.8 Å². The summed E-state index contributed by atoms with van der Waals surface area (Å²) in [6.07, 6.45) is 2.27. The molecular weight excluding hydrogens is 395 g/mol. The minimum atomic E-state index is -0.300. The lowest BCUT2D eigenvalue weighted by Crippen LogP contribution is -2.19. The molecule has 0 saturated heterocycles. The van der Waals surface area contributed by atoms with Crippen molar-refractivity contribution in [3.8, 4) is 17.4 Å². The lowest BCUT2D eigenvalue weighted by Gasteiger charge is -2.26. The smallest absolute Gasteiger partial charge is 0.239 e. The molecule has 2 heterocycles. The lowest BCUT2D eigenvalue weighted by molar-refractivity contribution is -0.113. The Bertz CT molecular complexity index is 1030. The topological polar surface area (TPSA) is 60.5 Å². The molecule has 1 N–H and O–H groups in total. The molecule has 5 nitrogen and oxygen atoms in total. The fourth-order valence-corrected chi connectivity index (χ4v) is 3.29. The van der Waals surface area contributed by atoms with E-state index in [1.165, 1.54) is 12.3 Å². The molecule has 2 aromatic carbocycles. The second kappa shape index (κ2) is 8.49. The van der Waals surface area contributed by atoms with E-state index in [2.05, 4.69) is 10.3 Å². The number of hydrogen-bond donors (Lipinski definition) is 1. The molecule has 7 heteroatoms. The number of hydrogen-bond acceptors (Lipinski definition) is 4. The number of alkyl halides is 1. The van der Waals surface area contributed by atoms with Gasteiger partial charge in [-0.3, -0.25) is 4.79 Å². The quantitative estimate of drug-likeness (QED) is 0.605. The van der Waals surface area contributed by atoms with Crippen LogP contribution < -0.4 is 14.8 Å². The van der Waals surface area contributed by atoms with Gasteiger partial charge < -0.3 is 14.8 Å². The van der Waals surface area contributed by atoms with Crippen LogP contribution in [0.3, 0.4) is 0 Å². The number of nitrogens with zero attached hydrogens (tertiary/aromatic N) is 1. The first-order valence-electron chi connectivity index (χ1n) is 9.11. The summed E-state index contributed by atoms with van der Waals surface area (Å²) in [6, 6.07) is 15.6.